The number of carbonyl (C=O) groups is 1. The summed E-state index contributed by atoms with van der Waals surface area (Å²) in [5, 5.41) is 0. The quantitative estimate of drug-likeness (QED) is 0.738. The molecular formula is C19H29NO. The minimum Gasteiger partial charge on any atom is -0.327 e. The maximum Gasteiger partial charge on any atom is 0.155 e. The first-order valence-electron chi connectivity index (χ1n) is 8.99. The van der Waals surface area contributed by atoms with Crippen molar-refractivity contribution in [2.24, 2.45) is 40.7 Å². The number of fused-ring (bicyclic) bond motifs is 5. The zero-order valence-electron chi connectivity index (χ0n) is 13.5. The normalized spacial score (nSPS) is 52.7. The summed E-state index contributed by atoms with van der Waals surface area (Å²) in [6, 6.07) is 0.417. The van der Waals surface area contributed by atoms with Crippen molar-refractivity contribution in [2.45, 2.75) is 64.8 Å². The van der Waals surface area contributed by atoms with Crippen LogP contribution in [0.3, 0.4) is 0 Å². The van der Waals surface area contributed by atoms with Crippen molar-refractivity contribution in [2.75, 3.05) is 0 Å². The summed E-state index contributed by atoms with van der Waals surface area (Å²) in [5.74, 6) is 4.34. The van der Waals surface area contributed by atoms with Gasteiger partial charge in [0, 0.05) is 12.5 Å². The molecule has 0 bridgehead atoms. The minimum absolute atomic E-state index is 0.371. The Balaban J connectivity index is 1.68. The van der Waals surface area contributed by atoms with Crippen molar-refractivity contribution in [3.8, 4) is 0 Å². The van der Waals surface area contributed by atoms with Crippen molar-refractivity contribution >= 4 is 5.78 Å². The van der Waals surface area contributed by atoms with Crippen LogP contribution in [0.5, 0.6) is 0 Å². The molecule has 3 saturated carbocycles. The van der Waals surface area contributed by atoms with Crippen LogP contribution in [0.15, 0.2) is 11.6 Å². The molecule has 0 aliphatic heterocycles. The summed E-state index contributed by atoms with van der Waals surface area (Å²) in [6.45, 7) is 4.90. The van der Waals surface area contributed by atoms with Crippen LogP contribution in [0.1, 0.15) is 58.8 Å². The minimum atomic E-state index is 0.371. The van der Waals surface area contributed by atoms with Gasteiger partial charge in [0.25, 0.3) is 0 Å². The van der Waals surface area contributed by atoms with Gasteiger partial charge in [-0.3, -0.25) is 4.79 Å². The van der Waals surface area contributed by atoms with E-state index in [-0.39, 0.29) is 0 Å². The predicted octanol–water partition coefficient (Wildman–Crippen LogP) is 3.70. The molecule has 21 heavy (non-hydrogen) atoms. The SMILES string of the molecule is CC1CC2=CC(=O)CCC2C2CC[C@@]3(C)C(CC[C@@H]3N)C12. The molecule has 0 spiro atoms. The van der Waals surface area contributed by atoms with E-state index in [1.165, 1.54) is 37.7 Å². The molecule has 0 aromatic carbocycles. The molecule has 0 aromatic rings. The van der Waals surface area contributed by atoms with E-state index in [1.807, 2.05) is 6.08 Å². The van der Waals surface area contributed by atoms with E-state index >= 15 is 0 Å². The second kappa shape index (κ2) is 4.68. The summed E-state index contributed by atoms with van der Waals surface area (Å²) in [5.41, 5.74) is 8.37. The van der Waals surface area contributed by atoms with Crippen molar-refractivity contribution in [1.29, 1.82) is 0 Å². The smallest absolute Gasteiger partial charge is 0.155 e. The lowest BCUT2D eigenvalue weighted by atomic mass is 9.49. The Labute approximate surface area is 128 Å². The van der Waals surface area contributed by atoms with E-state index in [2.05, 4.69) is 13.8 Å². The molecule has 4 rings (SSSR count). The zero-order valence-corrected chi connectivity index (χ0v) is 13.5. The van der Waals surface area contributed by atoms with E-state index in [9.17, 15) is 4.79 Å². The van der Waals surface area contributed by atoms with E-state index in [0.717, 1.165) is 36.5 Å². The van der Waals surface area contributed by atoms with Gasteiger partial charge in [-0.05, 0) is 79.6 Å². The van der Waals surface area contributed by atoms with Crippen LogP contribution >= 0.6 is 0 Å². The van der Waals surface area contributed by atoms with Gasteiger partial charge in [0.2, 0.25) is 0 Å². The Bertz CT molecular complexity index is 496. The molecule has 4 aliphatic carbocycles. The van der Waals surface area contributed by atoms with E-state index in [4.69, 9.17) is 5.73 Å². The number of hydrogen-bond acceptors (Lipinski definition) is 2. The predicted molar refractivity (Wildman–Crippen MR) is 84.6 cm³/mol. The van der Waals surface area contributed by atoms with Gasteiger partial charge in [-0.25, -0.2) is 0 Å². The molecule has 2 N–H and O–H groups in total. The van der Waals surface area contributed by atoms with Crippen LogP contribution in [0.4, 0.5) is 0 Å². The third-order valence-electron chi connectivity index (χ3n) is 7.71. The molecule has 0 heterocycles. The van der Waals surface area contributed by atoms with Crippen molar-refractivity contribution in [3.05, 3.63) is 11.6 Å². The van der Waals surface area contributed by atoms with Gasteiger partial charge in [0.05, 0.1) is 0 Å². The Morgan fingerprint density at radius 1 is 1.24 bits per heavy atom. The van der Waals surface area contributed by atoms with Crippen LogP contribution in [-0.2, 0) is 4.79 Å². The van der Waals surface area contributed by atoms with Crippen molar-refractivity contribution in [3.63, 3.8) is 0 Å². The fourth-order valence-electron chi connectivity index (χ4n) is 6.63. The number of ketones is 1. The Morgan fingerprint density at radius 2 is 2.05 bits per heavy atom. The first kappa shape index (κ1) is 14.0. The number of allylic oxidation sites excluding steroid dienone is 1. The molecule has 2 heteroatoms. The molecule has 0 saturated heterocycles. The van der Waals surface area contributed by atoms with Crippen molar-refractivity contribution < 1.29 is 4.79 Å². The van der Waals surface area contributed by atoms with Crippen LogP contribution in [0.2, 0.25) is 0 Å². The average molecular weight is 287 g/mol. The first-order chi connectivity index (χ1) is 10.0. The summed E-state index contributed by atoms with van der Waals surface area (Å²) >= 11 is 0. The molecule has 116 valence electrons. The van der Waals surface area contributed by atoms with Crippen LogP contribution in [0.25, 0.3) is 0 Å². The molecule has 4 aliphatic rings. The topological polar surface area (TPSA) is 43.1 Å². The maximum absolute atomic E-state index is 11.8. The summed E-state index contributed by atoms with van der Waals surface area (Å²) in [4.78, 5) is 11.8. The third-order valence-corrected chi connectivity index (χ3v) is 7.71. The molecular weight excluding hydrogens is 258 g/mol. The fraction of sp³-hybridized carbons (Fsp3) is 0.842. The van der Waals surface area contributed by atoms with Crippen LogP contribution in [0, 0.1) is 35.0 Å². The fourth-order valence-corrected chi connectivity index (χ4v) is 6.63. The summed E-state index contributed by atoms with van der Waals surface area (Å²) in [6.07, 6.45) is 10.3. The van der Waals surface area contributed by atoms with Gasteiger partial charge in [0.1, 0.15) is 0 Å². The monoisotopic (exact) mass is 287 g/mol. The van der Waals surface area contributed by atoms with Crippen LogP contribution < -0.4 is 5.73 Å². The van der Waals surface area contributed by atoms with E-state index in [0.29, 0.717) is 23.2 Å². The van der Waals surface area contributed by atoms with Gasteiger partial charge >= 0.3 is 0 Å². The largest absolute Gasteiger partial charge is 0.327 e. The van der Waals surface area contributed by atoms with Gasteiger partial charge in [-0.1, -0.05) is 19.4 Å². The molecule has 7 atom stereocenters. The van der Waals surface area contributed by atoms with Crippen LogP contribution in [-0.4, -0.2) is 11.8 Å². The molecule has 5 unspecified atom stereocenters. The molecule has 0 aromatic heterocycles. The van der Waals surface area contributed by atoms with Crippen molar-refractivity contribution in [1.82, 2.24) is 0 Å². The number of rotatable bonds is 0. The molecule has 0 radical (unpaired) electrons. The molecule has 0 amide bonds. The highest BCUT2D eigenvalue weighted by molar-refractivity contribution is 5.91. The van der Waals surface area contributed by atoms with Gasteiger partial charge in [-0.2, -0.15) is 0 Å². The maximum atomic E-state index is 11.8. The highest BCUT2D eigenvalue weighted by Gasteiger charge is 2.56. The second-order valence-corrected chi connectivity index (χ2v) is 8.59. The lowest BCUT2D eigenvalue weighted by Crippen LogP contribution is -2.51. The molecule has 2 nitrogen and oxygen atoms in total. The summed E-state index contributed by atoms with van der Waals surface area (Å²) < 4.78 is 0. The Hall–Kier alpha value is -0.630. The standard InChI is InChI=1S/C19H29NO/c1-11-9-12-10-13(21)3-4-14(12)15-7-8-19(2)16(18(11)15)5-6-17(19)20/h10-11,14-18H,3-9,20H2,1-2H3/t11?,14?,15?,16?,17-,18?,19-/m0/s1. The Kier molecular flexibility index (Phi) is 3.12. The number of hydrogen-bond donors (Lipinski definition) is 1. The van der Waals surface area contributed by atoms with Gasteiger partial charge in [-0.15, -0.1) is 0 Å². The average Bonchev–Trinajstić information content (AvgIpc) is 2.74. The Morgan fingerprint density at radius 3 is 2.86 bits per heavy atom. The highest BCUT2D eigenvalue weighted by Crippen LogP contribution is 2.62. The zero-order chi connectivity index (χ0) is 14.8. The second-order valence-electron chi connectivity index (χ2n) is 8.59. The van der Waals surface area contributed by atoms with Gasteiger partial charge in [0.15, 0.2) is 5.78 Å². The number of nitrogens with two attached hydrogens (primary N) is 1. The first-order valence-corrected chi connectivity index (χ1v) is 8.99. The van der Waals surface area contributed by atoms with Gasteiger partial charge < -0.3 is 5.73 Å². The third kappa shape index (κ3) is 1.91. The van der Waals surface area contributed by atoms with E-state index in [1.54, 1.807) is 0 Å². The highest BCUT2D eigenvalue weighted by atomic mass is 16.1. The lowest BCUT2D eigenvalue weighted by molar-refractivity contribution is -0.116. The lowest BCUT2D eigenvalue weighted by Gasteiger charge is -2.56. The van der Waals surface area contributed by atoms with E-state index < -0.39 is 0 Å². The number of carbonyl (C=O) groups excluding carboxylic acids is 1. The summed E-state index contributed by atoms with van der Waals surface area (Å²) in [7, 11) is 0. The molecule has 3 fully saturated rings.